The van der Waals surface area contributed by atoms with Gasteiger partial charge in [-0.25, -0.2) is 4.79 Å². The highest BCUT2D eigenvalue weighted by atomic mass is 16.4. The van der Waals surface area contributed by atoms with Gasteiger partial charge in [0, 0.05) is 24.5 Å². The number of carbonyl (C=O) groups is 1. The van der Waals surface area contributed by atoms with Gasteiger partial charge in [0.15, 0.2) is 0 Å². The molecule has 1 fully saturated rings. The average molecular weight is 253 g/mol. The highest BCUT2D eigenvalue weighted by Crippen LogP contribution is 2.46. The van der Waals surface area contributed by atoms with E-state index in [0.29, 0.717) is 18.5 Å². The third-order valence-electron chi connectivity index (χ3n) is 3.96. The Morgan fingerprint density at radius 1 is 1.37 bits per heavy atom. The number of rotatable bonds is 1. The molecule has 4 rings (SSSR count). The number of carboxylic acid groups (broad SMARTS) is 1. The third-order valence-corrected chi connectivity index (χ3v) is 3.96. The summed E-state index contributed by atoms with van der Waals surface area (Å²) in [4.78, 5) is 22.3. The van der Waals surface area contributed by atoms with Crippen LogP contribution in [0.25, 0.3) is 0 Å². The van der Waals surface area contributed by atoms with Crippen LogP contribution in [0.3, 0.4) is 0 Å². The Balaban J connectivity index is 1.96. The lowest BCUT2D eigenvalue weighted by Crippen LogP contribution is -2.50. The minimum absolute atomic E-state index is 0.298. The molecule has 1 unspecified atom stereocenters. The van der Waals surface area contributed by atoms with Crippen LogP contribution in [-0.2, 0) is 4.79 Å². The Bertz CT molecular complexity index is 690. The lowest BCUT2D eigenvalue weighted by atomic mass is 9.85. The van der Waals surface area contributed by atoms with E-state index in [0.717, 1.165) is 17.1 Å². The molecular weight excluding hydrogens is 242 g/mol. The fraction of sp³-hybridized carbons (Fsp3) is 0.214. The summed E-state index contributed by atoms with van der Waals surface area (Å²) >= 11 is 0. The first kappa shape index (κ1) is 10.5. The Morgan fingerprint density at radius 3 is 3.05 bits per heavy atom. The topological polar surface area (TPSA) is 65.3 Å². The number of carboxylic acids is 1. The molecule has 3 aliphatic heterocycles. The Morgan fingerprint density at radius 2 is 2.21 bits per heavy atom. The van der Waals surface area contributed by atoms with Crippen molar-refractivity contribution in [1.29, 1.82) is 0 Å². The second-order valence-electron chi connectivity index (χ2n) is 4.98. The van der Waals surface area contributed by atoms with Gasteiger partial charge < -0.3 is 10.0 Å². The highest BCUT2D eigenvalue weighted by molar-refractivity contribution is 6.12. The van der Waals surface area contributed by atoms with Crippen LogP contribution >= 0.6 is 0 Å². The molecule has 19 heavy (non-hydrogen) atoms. The van der Waals surface area contributed by atoms with Crippen molar-refractivity contribution in [3.63, 3.8) is 0 Å². The first-order chi connectivity index (χ1) is 9.21. The van der Waals surface area contributed by atoms with Gasteiger partial charge in [-0.1, -0.05) is 12.1 Å². The van der Waals surface area contributed by atoms with Gasteiger partial charge in [-0.05, 0) is 12.1 Å². The van der Waals surface area contributed by atoms with Gasteiger partial charge >= 0.3 is 5.97 Å². The summed E-state index contributed by atoms with van der Waals surface area (Å²) in [6, 6.07) is 7.80. The molecule has 2 bridgehead atoms. The lowest BCUT2D eigenvalue weighted by molar-refractivity contribution is -0.133. The Kier molecular flexibility index (Phi) is 1.83. The molecule has 0 aliphatic carbocycles. The van der Waals surface area contributed by atoms with Crippen LogP contribution in [0.5, 0.6) is 0 Å². The summed E-state index contributed by atoms with van der Waals surface area (Å²) < 4.78 is 0. The zero-order valence-corrected chi connectivity index (χ0v) is 10.1. The second-order valence-corrected chi connectivity index (χ2v) is 4.98. The molecule has 0 radical (unpaired) electrons. The zero-order valence-electron chi connectivity index (χ0n) is 10.1. The number of nitrogens with zero attached hydrogens (tertiary/aromatic N) is 3. The molecular formula is C14H11N3O2. The maximum Gasteiger partial charge on any atom is 0.335 e. The summed E-state index contributed by atoms with van der Waals surface area (Å²) in [7, 11) is 0. The molecule has 1 N–H and O–H groups in total. The fourth-order valence-electron chi connectivity index (χ4n) is 3.08. The smallest absolute Gasteiger partial charge is 0.335 e. The third kappa shape index (κ3) is 1.22. The molecule has 5 heteroatoms. The summed E-state index contributed by atoms with van der Waals surface area (Å²) in [6.07, 6.45) is 3.85. The second kappa shape index (κ2) is 3.32. The lowest BCUT2D eigenvalue weighted by Gasteiger charge is -2.39. The van der Waals surface area contributed by atoms with Crippen molar-refractivity contribution >= 4 is 29.3 Å². The van der Waals surface area contributed by atoms with Crippen LogP contribution in [-0.4, -0.2) is 35.1 Å². The molecule has 1 saturated heterocycles. The molecule has 0 amide bonds. The number of fused-ring (bicyclic) bond motifs is 3. The monoisotopic (exact) mass is 253 g/mol. The first-order valence-electron chi connectivity index (χ1n) is 6.12. The van der Waals surface area contributed by atoms with Crippen molar-refractivity contribution in [1.82, 2.24) is 0 Å². The van der Waals surface area contributed by atoms with Gasteiger partial charge in [-0.15, -0.1) is 0 Å². The van der Waals surface area contributed by atoms with Gasteiger partial charge in [0.05, 0.1) is 23.5 Å². The van der Waals surface area contributed by atoms with E-state index in [1.165, 1.54) is 6.20 Å². The van der Waals surface area contributed by atoms with E-state index < -0.39 is 11.5 Å². The van der Waals surface area contributed by atoms with E-state index in [9.17, 15) is 9.90 Å². The van der Waals surface area contributed by atoms with Crippen LogP contribution in [0.15, 0.2) is 46.0 Å². The zero-order chi connectivity index (χ0) is 13.0. The number of para-hydroxylation sites is 2. The van der Waals surface area contributed by atoms with Crippen LogP contribution in [0.1, 0.15) is 6.42 Å². The van der Waals surface area contributed by atoms with Gasteiger partial charge in [0.2, 0.25) is 0 Å². The number of benzene rings is 1. The minimum Gasteiger partial charge on any atom is -0.478 e. The molecule has 0 saturated carbocycles. The normalized spacial score (nSPS) is 26.4. The number of hydrogen-bond donors (Lipinski definition) is 1. The van der Waals surface area contributed by atoms with Gasteiger partial charge in [0.1, 0.15) is 5.54 Å². The molecule has 1 spiro atoms. The van der Waals surface area contributed by atoms with Crippen molar-refractivity contribution in [2.24, 2.45) is 9.98 Å². The van der Waals surface area contributed by atoms with Crippen molar-refractivity contribution in [2.75, 3.05) is 11.4 Å². The van der Waals surface area contributed by atoms with E-state index in [4.69, 9.17) is 0 Å². The first-order valence-corrected chi connectivity index (χ1v) is 6.12. The summed E-state index contributed by atoms with van der Waals surface area (Å²) in [5.41, 5.74) is 2.51. The van der Waals surface area contributed by atoms with Crippen molar-refractivity contribution in [3.8, 4) is 0 Å². The van der Waals surface area contributed by atoms with Crippen LogP contribution in [0, 0.1) is 0 Å². The molecule has 3 aliphatic rings. The molecule has 1 aromatic rings. The van der Waals surface area contributed by atoms with E-state index >= 15 is 0 Å². The quantitative estimate of drug-likeness (QED) is 0.829. The van der Waals surface area contributed by atoms with Gasteiger partial charge in [-0.2, -0.15) is 0 Å². The predicted octanol–water partition coefficient (Wildman–Crippen LogP) is 1.77. The van der Waals surface area contributed by atoms with Gasteiger partial charge in [0.25, 0.3) is 0 Å². The summed E-state index contributed by atoms with van der Waals surface area (Å²) in [5.74, 6) is -0.930. The molecule has 5 nitrogen and oxygen atoms in total. The van der Waals surface area contributed by atoms with Crippen LogP contribution < -0.4 is 4.90 Å². The number of hydrogen-bond acceptors (Lipinski definition) is 4. The number of anilines is 1. The number of aliphatic imine (C=N–C) groups is 2. The summed E-state index contributed by atoms with van der Waals surface area (Å²) in [6.45, 7) is 0.663. The Hall–Kier alpha value is -2.43. The van der Waals surface area contributed by atoms with E-state index in [1.54, 1.807) is 6.21 Å². The van der Waals surface area contributed by atoms with E-state index in [2.05, 4.69) is 14.9 Å². The average Bonchev–Trinajstić information content (AvgIpc) is 2.71. The summed E-state index contributed by atoms with van der Waals surface area (Å²) in [5, 5.41) is 9.41. The maximum absolute atomic E-state index is 11.5. The van der Waals surface area contributed by atoms with Crippen molar-refractivity contribution in [2.45, 2.75) is 12.0 Å². The van der Waals surface area contributed by atoms with Crippen molar-refractivity contribution in [3.05, 3.63) is 36.0 Å². The standard InChI is InChI=1S/C14H11N3O2/c18-13(19)10-6-15-9-5-14(10)8-16-11-3-1-2-4-12(11)17(14)7-9/h1-4,6,8H,5,7H2,(H,18,19). The molecule has 3 heterocycles. The highest BCUT2D eigenvalue weighted by Gasteiger charge is 2.52. The van der Waals surface area contributed by atoms with Gasteiger partial charge in [-0.3, -0.25) is 9.98 Å². The largest absolute Gasteiger partial charge is 0.478 e. The molecule has 0 aromatic heterocycles. The van der Waals surface area contributed by atoms with Crippen molar-refractivity contribution < 1.29 is 9.90 Å². The van der Waals surface area contributed by atoms with Crippen LogP contribution in [0.4, 0.5) is 11.4 Å². The van der Waals surface area contributed by atoms with E-state index in [1.807, 2.05) is 24.3 Å². The minimum atomic E-state index is -0.930. The predicted molar refractivity (Wildman–Crippen MR) is 72.4 cm³/mol. The maximum atomic E-state index is 11.5. The van der Waals surface area contributed by atoms with E-state index in [-0.39, 0.29) is 0 Å². The molecule has 1 aromatic carbocycles. The molecule has 94 valence electrons. The van der Waals surface area contributed by atoms with Crippen LogP contribution in [0.2, 0.25) is 0 Å². The fourth-order valence-corrected chi connectivity index (χ4v) is 3.08. The Labute approximate surface area is 109 Å². The number of aliphatic carboxylic acids is 1. The molecule has 1 atom stereocenters. The SMILES string of the molecule is O=C(O)C1=CN=C2CN3c4ccccc4N=CC13C2.